The van der Waals surface area contributed by atoms with Gasteiger partial charge in [-0.2, -0.15) is 0 Å². The highest BCUT2D eigenvalue weighted by Crippen LogP contribution is 2.38. The predicted molar refractivity (Wildman–Crippen MR) is 136 cm³/mol. The third kappa shape index (κ3) is 5.72. The number of carbonyl (C=O) groups is 2. The van der Waals surface area contributed by atoms with E-state index in [9.17, 15) is 14.4 Å². The zero-order valence-electron chi connectivity index (χ0n) is 20.5. The smallest absolute Gasteiger partial charge is 0.349 e. The molecule has 0 saturated heterocycles. The SMILES string of the molecule is COc1cc(C(=O)Oc2ccc3cc(C(=O)NCCc4ccccc4)c(=O)oc3c2)cc(OC)c1OC. The van der Waals surface area contributed by atoms with Crippen molar-refractivity contribution in [3.8, 4) is 23.0 Å². The first-order chi connectivity index (χ1) is 17.9. The van der Waals surface area contributed by atoms with Crippen molar-refractivity contribution in [3.63, 3.8) is 0 Å². The van der Waals surface area contributed by atoms with E-state index in [2.05, 4.69) is 5.32 Å². The molecule has 0 saturated carbocycles. The van der Waals surface area contributed by atoms with Crippen LogP contribution in [0.15, 0.2) is 75.9 Å². The van der Waals surface area contributed by atoms with E-state index < -0.39 is 17.5 Å². The number of ether oxygens (including phenoxy) is 4. The van der Waals surface area contributed by atoms with Gasteiger partial charge in [-0.3, -0.25) is 4.79 Å². The van der Waals surface area contributed by atoms with Gasteiger partial charge in [0, 0.05) is 18.0 Å². The second kappa shape index (κ2) is 11.3. The Morgan fingerprint density at radius 3 is 2.22 bits per heavy atom. The molecule has 0 aliphatic rings. The molecule has 0 spiro atoms. The highest BCUT2D eigenvalue weighted by atomic mass is 16.5. The fourth-order valence-corrected chi connectivity index (χ4v) is 3.74. The van der Waals surface area contributed by atoms with Gasteiger partial charge in [-0.25, -0.2) is 9.59 Å². The number of hydrogen-bond donors (Lipinski definition) is 1. The molecule has 0 bridgehead atoms. The fourth-order valence-electron chi connectivity index (χ4n) is 3.74. The van der Waals surface area contributed by atoms with Crippen LogP contribution in [-0.2, 0) is 6.42 Å². The number of amides is 1. The maximum Gasteiger partial charge on any atom is 0.349 e. The van der Waals surface area contributed by atoms with E-state index in [1.54, 1.807) is 6.07 Å². The van der Waals surface area contributed by atoms with Gasteiger partial charge in [0.05, 0.1) is 26.9 Å². The van der Waals surface area contributed by atoms with E-state index in [1.807, 2.05) is 30.3 Å². The minimum absolute atomic E-state index is 0.109. The van der Waals surface area contributed by atoms with Crippen molar-refractivity contribution >= 4 is 22.8 Å². The van der Waals surface area contributed by atoms with E-state index in [4.69, 9.17) is 23.4 Å². The minimum Gasteiger partial charge on any atom is -0.493 e. The van der Waals surface area contributed by atoms with Crippen molar-refractivity contribution in [1.29, 1.82) is 0 Å². The molecule has 1 aromatic heterocycles. The summed E-state index contributed by atoms with van der Waals surface area (Å²) < 4.78 is 26.6. The van der Waals surface area contributed by atoms with Gasteiger partial charge >= 0.3 is 11.6 Å². The molecule has 190 valence electrons. The zero-order chi connectivity index (χ0) is 26.4. The molecular formula is C28H25NO8. The first kappa shape index (κ1) is 25.3. The second-order valence-corrected chi connectivity index (χ2v) is 7.94. The molecule has 1 amide bonds. The Balaban J connectivity index is 1.50. The lowest BCUT2D eigenvalue weighted by molar-refractivity contribution is 0.0733. The van der Waals surface area contributed by atoms with Crippen LogP contribution in [0.2, 0.25) is 0 Å². The summed E-state index contributed by atoms with van der Waals surface area (Å²) in [5.41, 5.74) is 0.502. The van der Waals surface area contributed by atoms with Crippen molar-refractivity contribution in [2.45, 2.75) is 6.42 Å². The molecule has 0 unspecified atom stereocenters. The van der Waals surface area contributed by atoms with Crippen molar-refractivity contribution in [2.24, 2.45) is 0 Å². The normalized spacial score (nSPS) is 10.6. The van der Waals surface area contributed by atoms with Crippen molar-refractivity contribution in [3.05, 3.63) is 93.8 Å². The Kier molecular flexibility index (Phi) is 7.73. The summed E-state index contributed by atoms with van der Waals surface area (Å²) in [6.45, 7) is 0.371. The third-order valence-electron chi connectivity index (χ3n) is 5.61. The molecular weight excluding hydrogens is 478 g/mol. The largest absolute Gasteiger partial charge is 0.493 e. The van der Waals surface area contributed by atoms with Crippen LogP contribution in [0.1, 0.15) is 26.3 Å². The van der Waals surface area contributed by atoms with Crippen LogP contribution in [0, 0.1) is 0 Å². The number of methoxy groups -OCH3 is 3. The Hall–Kier alpha value is -4.79. The average molecular weight is 504 g/mol. The highest BCUT2D eigenvalue weighted by molar-refractivity contribution is 5.97. The molecule has 4 aromatic rings. The van der Waals surface area contributed by atoms with E-state index >= 15 is 0 Å². The monoisotopic (exact) mass is 503 g/mol. The quantitative estimate of drug-likeness (QED) is 0.207. The van der Waals surface area contributed by atoms with Crippen LogP contribution < -0.4 is 29.9 Å². The highest BCUT2D eigenvalue weighted by Gasteiger charge is 2.19. The Morgan fingerprint density at radius 2 is 1.57 bits per heavy atom. The maximum absolute atomic E-state index is 12.8. The van der Waals surface area contributed by atoms with Crippen LogP contribution in [0.25, 0.3) is 11.0 Å². The number of carbonyl (C=O) groups excluding carboxylic acids is 2. The van der Waals surface area contributed by atoms with Gasteiger partial charge in [0.2, 0.25) is 5.75 Å². The summed E-state index contributed by atoms with van der Waals surface area (Å²) in [6, 6.07) is 18.6. The van der Waals surface area contributed by atoms with Gasteiger partial charge in [0.15, 0.2) is 11.5 Å². The van der Waals surface area contributed by atoms with Gasteiger partial charge < -0.3 is 28.7 Å². The lowest BCUT2D eigenvalue weighted by atomic mass is 10.1. The summed E-state index contributed by atoms with van der Waals surface area (Å²) in [4.78, 5) is 37.8. The first-order valence-corrected chi connectivity index (χ1v) is 11.4. The summed E-state index contributed by atoms with van der Waals surface area (Å²) in [6.07, 6.45) is 0.631. The van der Waals surface area contributed by atoms with Crippen LogP contribution >= 0.6 is 0 Å². The zero-order valence-corrected chi connectivity index (χ0v) is 20.5. The van der Waals surface area contributed by atoms with Crippen molar-refractivity contribution in [2.75, 3.05) is 27.9 Å². The first-order valence-electron chi connectivity index (χ1n) is 11.4. The molecule has 3 aromatic carbocycles. The standard InChI is InChI=1S/C28H25NO8/c1-33-23-14-19(15-24(34-2)25(23)35-3)27(31)36-20-10-9-18-13-21(28(32)37-22(18)16-20)26(30)29-12-11-17-7-5-4-6-8-17/h4-10,13-16H,11-12H2,1-3H3,(H,29,30). The van der Waals surface area contributed by atoms with E-state index in [0.717, 1.165) is 5.56 Å². The molecule has 4 rings (SSSR count). The van der Waals surface area contributed by atoms with Crippen molar-refractivity contribution < 1.29 is 33.0 Å². The topological polar surface area (TPSA) is 113 Å². The van der Waals surface area contributed by atoms with Gasteiger partial charge in [-0.15, -0.1) is 0 Å². The number of fused-ring (bicyclic) bond motifs is 1. The lowest BCUT2D eigenvalue weighted by Crippen LogP contribution is -2.29. The van der Waals surface area contributed by atoms with Crippen LogP contribution in [0.5, 0.6) is 23.0 Å². The number of nitrogens with one attached hydrogen (secondary N) is 1. The van der Waals surface area contributed by atoms with Crippen LogP contribution in [-0.4, -0.2) is 39.8 Å². The Bertz CT molecular complexity index is 1470. The molecule has 9 nitrogen and oxygen atoms in total. The number of hydrogen-bond acceptors (Lipinski definition) is 8. The van der Waals surface area contributed by atoms with E-state index in [1.165, 1.54) is 51.7 Å². The molecule has 1 N–H and O–H groups in total. The summed E-state index contributed by atoms with van der Waals surface area (Å²) >= 11 is 0. The average Bonchev–Trinajstić information content (AvgIpc) is 2.92. The molecule has 0 aliphatic carbocycles. The third-order valence-corrected chi connectivity index (χ3v) is 5.61. The lowest BCUT2D eigenvalue weighted by Gasteiger charge is -2.13. The van der Waals surface area contributed by atoms with Gasteiger partial charge in [-0.05, 0) is 42.3 Å². The predicted octanol–water partition coefficient (Wildman–Crippen LogP) is 4.01. The second-order valence-electron chi connectivity index (χ2n) is 7.94. The maximum atomic E-state index is 12.8. The molecule has 37 heavy (non-hydrogen) atoms. The number of esters is 1. The van der Waals surface area contributed by atoms with Crippen molar-refractivity contribution in [1.82, 2.24) is 5.32 Å². The molecule has 0 aliphatic heterocycles. The minimum atomic E-state index is -0.794. The Morgan fingerprint density at radius 1 is 0.865 bits per heavy atom. The fraction of sp³-hybridized carbons (Fsp3) is 0.179. The van der Waals surface area contributed by atoms with Crippen LogP contribution in [0.3, 0.4) is 0 Å². The van der Waals surface area contributed by atoms with Gasteiger partial charge in [-0.1, -0.05) is 30.3 Å². The van der Waals surface area contributed by atoms with Crippen LogP contribution in [0.4, 0.5) is 0 Å². The molecule has 0 atom stereocenters. The van der Waals surface area contributed by atoms with Gasteiger partial charge in [0.1, 0.15) is 16.9 Å². The van der Waals surface area contributed by atoms with Gasteiger partial charge in [0.25, 0.3) is 5.91 Å². The molecule has 0 radical (unpaired) electrons. The molecule has 1 heterocycles. The van der Waals surface area contributed by atoms with E-state index in [-0.39, 0.29) is 22.5 Å². The molecule has 0 fully saturated rings. The number of benzene rings is 3. The summed E-state index contributed by atoms with van der Waals surface area (Å²) in [7, 11) is 4.34. The molecule has 9 heteroatoms. The number of rotatable bonds is 9. The van der Waals surface area contributed by atoms with E-state index in [0.29, 0.717) is 35.6 Å². The Labute approximate surface area is 212 Å². The summed E-state index contributed by atoms with van der Waals surface area (Å²) in [5, 5.41) is 3.24. The summed E-state index contributed by atoms with van der Waals surface area (Å²) in [5.74, 6) is -0.121.